The molecule has 0 radical (unpaired) electrons. The molecule has 1 aromatic rings. The molecule has 4 unspecified atom stereocenters. The molecule has 1 aromatic carbocycles. The molecule has 0 spiro atoms. The van der Waals surface area contributed by atoms with E-state index in [0.717, 1.165) is 44.1 Å². The zero-order valence-electron chi connectivity index (χ0n) is 22.9. The van der Waals surface area contributed by atoms with Crippen molar-refractivity contribution in [1.29, 1.82) is 0 Å². The van der Waals surface area contributed by atoms with Crippen molar-refractivity contribution in [2.45, 2.75) is 71.3 Å². The normalized spacial score (nSPS) is 21.7. The van der Waals surface area contributed by atoms with Gasteiger partial charge in [0.2, 0.25) is 18.4 Å². The van der Waals surface area contributed by atoms with Crippen molar-refractivity contribution in [2.75, 3.05) is 46.6 Å². The number of carboxylic acids is 1. The lowest BCUT2D eigenvalue weighted by Gasteiger charge is -2.31. The highest BCUT2D eigenvalue weighted by molar-refractivity contribution is 5.79. The molecule has 0 saturated carbocycles. The first-order chi connectivity index (χ1) is 17.8. The molecule has 2 aliphatic heterocycles. The largest absolute Gasteiger partial charge is 0.493 e. The fraction of sp³-hybridized carbons (Fsp3) is 0.714. The third-order valence-electron chi connectivity index (χ3n) is 7.67. The van der Waals surface area contributed by atoms with Crippen molar-refractivity contribution in [2.24, 2.45) is 17.6 Å². The molecule has 3 N–H and O–H groups in total. The number of benzene rings is 1. The summed E-state index contributed by atoms with van der Waals surface area (Å²) in [5.41, 5.74) is 6.56. The van der Waals surface area contributed by atoms with Crippen LogP contribution in [0.4, 0.5) is 0 Å². The summed E-state index contributed by atoms with van der Waals surface area (Å²) in [5, 5.41) is 10.4. The van der Waals surface area contributed by atoms with Crippen LogP contribution in [-0.4, -0.2) is 79.5 Å². The van der Waals surface area contributed by atoms with Crippen LogP contribution in [0.15, 0.2) is 12.1 Å². The Hall–Kier alpha value is -2.52. The Labute approximate surface area is 221 Å². The number of amides is 1. The molecule has 0 bridgehead atoms. The van der Waals surface area contributed by atoms with Crippen LogP contribution in [0.2, 0.25) is 0 Å². The van der Waals surface area contributed by atoms with Gasteiger partial charge in [-0.25, -0.2) is 0 Å². The van der Waals surface area contributed by atoms with Crippen molar-refractivity contribution in [3.05, 3.63) is 17.7 Å². The van der Waals surface area contributed by atoms with Crippen molar-refractivity contribution >= 4 is 11.9 Å². The Kier molecular flexibility index (Phi) is 10.9. The summed E-state index contributed by atoms with van der Waals surface area (Å²) < 4.78 is 16.7. The minimum atomic E-state index is -0.837. The lowest BCUT2D eigenvalue weighted by molar-refractivity contribution is -0.144. The molecule has 0 aromatic heterocycles. The number of ether oxygens (including phenoxy) is 3. The molecular formula is C28H45N3O6. The average molecular weight is 520 g/mol. The Morgan fingerprint density at radius 2 is 1.97 bits per heavy atom. The second kappa shape index (κ2) is 13.9. The Morgan fingerprint density at radius 1 is 1.22 bits per heavy atom. The molecule has 208 valence electrons. The lowest BCUT2D eigenvalue weighted by atomic mass is 9.81. The zero-order chi connectivity index (χ0) is 26.9. The Morgan fingerprint density at radius 3 is 2.62 bits per heavy atom. The fourth-order valence-electron chi connectivity index (χ4n) is 5.78. The SMILES string of the molecule is CCCCN(CCCN)C(=O)CN1CC(c2cc(OC)c3c(c2)OCO3)C(C(=O)O)C1CC(C)CCC. The van der Waals surface area contributed by atoms with Gasteiger partial charge in [-0.05, 0) is 49.4 Å². The highest BCUT2D eigenvalue weighted by Crippen LogP contribution is 2.47. The van der Waals surface area contributed by atoms with Crippen LogP contribution in [0, 0.1) is 11.8 Å². The maximum Gasteiger partial charge on any atom is 0.308 e. The summed E-state index contributed by atoms with van der Waals surface area (Å²) in [6.07, 6.45) is 5.48. The number of hydrogen-bond donors (Lipinski definition) is 2. The smallest absolute Gasteiger partial charge is 0.308 e. The molecule has 0 aliphatic carbocycles. The van der Waals surface area contributed by atoms with Crippen LogP contribution in [0.25, 0.3) is 0 Å². The predicted octanol–water partition coefficient (Wildman–Crippen LogP) is 3.70. The van der Waals surface area contributed by atoms with Crippen LogP contribution in [0.3, 0.4) is 0 Å². The summed E-state index contributed by atoms with van der Waals surface area (Å²) in [7, 11) is 1.57. The number of fused-ring (bicyclic) bond motifs is 1. The van der Waals surface area contributed by atoms with Crippen molar-refractivity contribution in [3.8, 4) is 17.2 Å². The van der Waals surface area contributed by atoms with Crippen LogP contribution in [-0.2, 0) is 9.59 Å². The van der Waals surface area contributed by atoms with E-state index in [1.54, 1.807) is 7.11 Å². The highest BCUT2D eigenvalue weighted by Gasteiger charge is 2.48. The number of likely N-dealkylation sites (tertiary alicyclic amines) is 1. The van der Waals surface area contributed by atoms with Gasteiger partial charge >= 0.3 is 5.97 Å². The zero-order valence-corrected chi connectivity index (χ0v) is 22.9. The van der Waals surface area contributed by atoms with Gasteiger partial charge < -0.3 is 30.0 Å². The molecule has 2 heterocycles. The number of nitrogens with two attached hydrogens (primary N) is 1. The van der Waals surface area contributed by atoms with Gasteiger partial charge in [0, 0.05) is 31.6 Å². The minimum Gasteiger partial charge on any atom is -0.493 e. The average Bonchev–Trinajstić information content (AvgIpc) is 3.48. The number of unbranched alkanes of at least 4 members (excludes halogenated alkanes) is 1. The molecule has 9 heteroatoms. The molecule has 2 aliphatic rings. The molecule has 9 nitrogen and oxygen atoms in total. The van der Waals surface area contributed by atoms with Gasteiger partial charge in [0.25, 0.3) is 0 Å². The Bertz CT molecular complexity index is 902. The summed E-state index contributed by atoms with van der Waals surface area (Å²) in [6, 6.07) is 3.49. The number of hydrogen-bond acceptors (Lipinski definition) is 7. The highest BCUT2D eigenvalue weighted by atomic mass is 16.7. The monoisotopic (exact) mass is 519 g/mol. The van der Waals surface area contributed by atoms with Gasteiger partial charge in [-0.3, -0.25) is 14.5 Å². The standard InChI is InChI=1S/C28H45N3O6/c1-5-7-11-30(12-8-10-29)25(32)17-31-16-21(26(28(33)34)22(31)13-19(3)9-6-2)20-14-23(35-4)27-24(15-20)36-18-37-27/h14-15,19,21-22,26H,5-13,16-18,29H2,1-4H3,(H,33,34). The maximum absolute atomic E-state index is 13.5. The fourth-order valence-corrected chi connectivity index (χ4v) is 5.78. The number of aliphatic carboxylic acids is 1. The minimum absolute atomic E-state index is 0.0445. The molecule has 1 fully saturated rings. The van der Waals surface area contributed by atoms with E-state index in [1.165, 1.54) is 0 Å². The van der Waals surface area contributed by atoms with Crippen molar-refractivity contribution in [3.63, 3.8) is 0 Å². The van der Waals surface area contributed by atoms with E-state index in [1.807, 2.05) is 17.0 Å². The van der Waals surface area contributed by atoms with E-state index in [4.69, 9.17) is 19.9 Å². The molecule has 37 heavy (non-hydrogen) atoms. The maximum atomic E-state index is 13.5. The van der Waals surface area contributed by atoms with Gasteiger partial charge in [-0.1, -0.05) is 40.0 Å². The number of carbonyl (C=O) groups excluding carboxylic acids is 1. The second-order valence-corrected chi connectivity index (χ2v) is 10.4. The topological polar surface area (TPSA) is 115 Å². The predicted molar refractivity (Wildman–Crippen MR) is 142 cm³/mol. The first kappa shape index (κ1) is 29.0. The third-order valence-corrected chi connectivity index (χ3v) is 7.67. The molecule has 1 saturated heterocycles. The van der Waals surface area contributed by atoms with Crippen molar-refractivity contribution in [1.82, 2.24) is 9.80 Å². The van der Waals surface area contributed by atoms with Crippen LogP contribution in [0.5, 0.6) is 17.2 Å². The van der Waals surface area contributed by atoms with E-state index in [2.05, 4.69) is 25.7 Å². The number of carbonyl (C=O) groups is 2. The third kappa shape index (κ3) is 7.08. The quantitative estimate of drug-likeness (QED) is 0.361. The molecule has 1 amide bonds. The molecule has 3 rings (SSSR count). The molecular weight excluding hydrogens is 474 g/mol. The van der Waals surface area contributed by atoms with E-state index in [0.29, 0.717) is 49.3 Å². The summed E-state index contributed by atoms with van der Waals surface area (Å²) in [4.78, 5) is 30.2. The number of rotatable bonds is 15. The van der Waals surface area contributed by atoms with Crippen LogP contribution < -0.4 is 19.9 Å². The summed E-state index contributed by atoms with van der Waals surface area (Å²) >= 11 is 0. The molecule has 4 atom stereocenters. The van der Waals surface area contributed by atoms with E-state index < -0.39 is 11.9 Å². The van der Waals surface area contributed by atoms with Gasteiger partial charge in [-0.15, -0.1) is 0 Å². The number of methoxy groups -OCH3 is 1. The summed E-state index contributed by atoms with van der Waals surface area (Å²) in [6.45, 7) is 9.09. The number of carboxylic acid groups (broad SMARTS) is 1. The first-order valence-corrected chi connectivity index (χ1v) is 13.8. The number of nitrogens with zero attached hydrogens (tertiary/aromatic N) is 2. The van der Waals surface area contributed by atoms with Crippen molar-refractivity contribution < 1.29 is 28.9 Å². The van der Waals surface area contributed by atoms with E-state index >= 15 is 0 Å². The second-order valence-electron chi connectivity index (χ2n) is 10.4. The lowest BCUT2D eigenvalue weighted by Crippen LogP contribution is -2.45. The van der Waals surface area contributed by atoms with Gasteiger partial charge in [0.05, 0.1) is 19.6 Å². The Balaban J connectivity index is 1.92. The van der Waals surface area contributed by atoms with Gasteiger partial charge in [0.1, 0.15) is 0 Å². The first-order valence-electron chi connectivity index (χ1n) is 13.8. The van der Waals surface area contributed by atoms with Gasteiger partial charge in [-0.2, -0.15) is 0 Å². The van der Waals surface area contributed by atoms with E-state index in [-0.39, 0.29) is 31.2 Å². The van der Waals surface area contributed by atoms with Crippen LogP contribution in [0.1, 0.15) is 70.8 Å². The summed E-state index contributed by atoms with van der Waals surface area (Å²) in [5.74, 6) is 0.254. The van der Waals surface area contributed by atoms with Gasteiger partial charge in [0.15, 0.2) is 11.5 Å². The van der Waals surface area contributed by atoms with E-state index in [9.17, 15) is 14.7 Å². The van der Waals surface area contributed by atoms with Crippen LogP contribution >= 0.6 is 0 Å².